The van der Waals surface area contributed by atoms with E-state index >= 15 is 0 Å². The summed E-state index contributed by atoms with van der Waals surface area (Å²) in [6.45, 7) is 1.49. The molecule has 0 atom stereocenters. The lowest BCUT2D eigenvalue weighted by Crippen LogP contribution is -2.26. The standard InChI is InChI=1S/C10H8BrN3O4/c1-5-7(11)3-8(14(17)18)10(12-5)13-4-6(15)2-9(13)16/h3H,2,4H2,1H3. The molecule has 1 amide bonds. The van der Waals surface area contributed by atoms with Crippen LogP contribution in [0.2, 0.25) is 0 Å². The Morgan fingerprint density at radius 3 is 2.67 bits per heavy atom. The molecule has 0 radical (unpaired) electrons. The molecule has 1 aromatic heterocycles. The predicted molar refractivity (Wildman–Crippen MR) is 65.3 cm³/mol. The summed E-state index contributed by atoms with van der Waals surface area (Å²) in [5.74, 6) is -0.800. The second-order valence-electron chi connectivity index (χ2n) is 3.85. The second kappa shape index (κ2) is 4.45. The molecule has 1 saturated heterocycles. The number of Topliss-reactive ketones (excluding diaryl/α,β-unsaturated/α-hetero) is 1. The summed E-state index contributed by atoms with van der Waals surface area (Å²) in [6.07, 6.45) is -0.228. The molecule has 0 N–H and O–H groups in total. The van der Waals surface area contributed by atoms with Crippen molar-refractivity contribution >= 4 is 39.1 Å². The van der Waals surface area contributed by atoms with Gasteiger partial charge in [0.05, 0.1) is 23.6 Å². The molecule has 0 aliphatic carbocycles. The van der Waals surface area contributed by atoms with E-state index in [2.05, 4.69) is 20.9 Å². The number of pyridine rings is 1. The van der Waals surface area contributed by atoms with E-state index in [1.54, 1.807) is 6.92 Å². The maximum atomic E-state index is 11.6. The summed E-state index contributed by atoms with van der Waals surface area (Å²) in [5.41, 5.74) is 0.221. The number of amides is 1. The van der Waals surface area contributed by atoms with Gasteiger partial charge in [-0.1, -0.05) is 0 Å². The van der Waals surface area contributed by atoms with Crippen LogP contribution in [0.4, 0.5) is 11.5 Å². The van der Waals surface area contributed by atoms with E-state index in [1.165, 1.54) is 6.07 Å². The first kappa shape index (κ1) is 12.6. The monoisotopic (exact) mass is 313 g/mol. The van der Waals surface area contributed by atoms with Crippen LogP contribution < -0.4 is 4.90 Å². The number of hydrogen-bond acceptors (Lipinski definition) is 5. The van der Waals surface area contributed by atoms with Crippen LogP contribution in [0.25, 0.3) is 0 Å². The fourth-order valence-corrected chi connectivity index (χ4v) is 1.97. The Morgan fingerprint density at radius 2 is 2.17 bits per heavy atom. The predicted octanol–water partition coefficient (Wildman–Crippen LogP) is 1.37. The minimum Gasteiger partial charge on any atom is -0.297 e. The van der Waals surface area contributed by atoms with E-state index in [0.29, 0.717) is 10.2 Å². The topological polar surface area (TPSA) is 93.4 Å². The van der Waals surface area contributed by atoms with Crippen molar-refractivity contribution < 1.29 is 14.5 Å². The highest BCUT2D eigenvalue weighted by Crippen LogP contribution is 2.32. The zero-order chi connectivity index (χ0) is 13.4. The van der Waals surface area contributed by atoms with E-state index in [-0.39, 0.29) is 30.3 Å². The lowest BCUT2D eigenvalue weighted by atomic mass is 10.3. The van der Waals surface area contributed by atoms with Gasteiger partial charge in [0.25, 0.3) is 0 Å². The molecule has 8 heteroatoms. The number of carbonyl (C=O) groups excluding carboxylic acids is 2. The highest BCUT2D eigenvalue weighted by atomic mass is 79.9. The number of aromatic nitrogens is 1. The molecule has 0 unspecified atom stereocenters. The van der Waals surface area contributed by atoms with Gasteiger partial charge in [0.2, 0.25) is 11.7 Å². The molecule has 1 fully saturated rings. The molecule has 7 nitrogen and oxygen atoms in total. The molecule has 0 saturated carbocycles. The van der Waals surface area contributed by atoms with E-state index in [9.17, 15) is 19.7 Å². The van der Waals surface area contributed by atoms with Crippen molar-refractivity contribution in [3.8, 4) is 0 Å². The molecule has 2 heterocycles. The number of rotatable bonds is 2. The summed E-state index contributed by atoms with van der Waals surface area (Å²) in [5, 5.41) is 11.0. The molecule has 94 valence electrons. The van der Waals surface area contributed by atoms with E-state index in [4.69, 9.17) is 0 Å². The average molecular weight is 314 g/mol. The Balaban J connectivity index is 2.56. The third kappa shape index (κ3) is 2.10. The van der Waals surface area contributed by atoms with Crippen molar-refractivity contribution in [1.29, 1.82) is 0 Å². The Hall–Kier alpha value is -1.83. The van der Waals surface area contributed by atoms with Crippen LogP contribution in [-0.4, -0.2) is 28.1 Å². The Morgan fingerprint density at radius 1 is 1.50 bits per heavy atom. The van der Waals surface area contributed by atoms with Crippen LogP contribution in [0, 0.1) is 17.0 Å². The Kier molecular flexibility index (Phi) is 3.12. The number of anilines is 1. The van der Waals surface area contributed by atoms with Gasteiger partial charge in [-0.15, -0.1) is 0 Å². The highest BCUT2D eigenvalue weighted by Gasteiger charge is 2.34. The first-order valence-corrected chi connectivity index (χ1v) is 5.83. The molecular weight excluding hydrogens is 306 g/mol. The first-order chi connectivity index (χ1) is 8.40. The summed E-state index contributed by atoms with van der Waals surface area (Å²) < 4.78 is 0.482. The Bertz CT molecular complexity index is 572. The minimum absolute atomic E-state index is 0.0726. The van der Waals surface area contributed by atoms with Gasteiger partial charge in [-0.25, -0.2) is 4.98 Å². The molecule has 0 aromatic carbocycles. The van der Waals surface area contributed by atoms with Crippen molar-refractivity contribution in [3.05, 3.63) is 26.3 Å². The van der Waals surface area contributed by atoms with Gasteiger partial charge in [0.15, 0.2) is 5.78 Å². The van der Waals surface area contributed by atoms with Crippen LogP contribution in [0.15, 0.2) is 10.5 Å². The second-order valence-corrected chi connectivity index (χ2v) is 4.71. The SMILES string of the molecule is Cc1nc(N2CC(=O)CC2=O)c([N+](=O)[O-])cc1Br. The summed E-state index contributed by atoms with van der Waals surface area (Å²) in [7, 11) is 0. The average Bonchev–Trinajstić information content (AvgIpc) is 2.61. The van der Waals surface area contributed by atoms with Crippen molar-refractivity contribution in [1.82, 2.24) is 4.98 Å². The summed E-state index contributed by atoms with van der Waals surface area (Å²) in [4.78, 5) is 38.2. The number of nitrogens with zero attached hydrogens (tertiary/aromatic N) is 3. The molecule has 2 rings (SSSR count). The quantitative estimate of drug-likeness (QED) is 0.467. The number of nitro groups is 1. The largest absolute Gasteiger partial charge is 0.313 e. The van der Waals surface area contributed by atoms with E-state index in [0.717, 1.165) is 4.90 Å². The minimum atomic E-state index is -0.622. The van der Waals surface area contributed by atoms with Crippen molar-refractivity contribution in [2.75, 3.05) is 11.4 Å². The third-order valence-electron chi connectivity index (χ3n) is 2.55. The molecule has 0 spiro atoms. The third-order valence-corrected chi connectivity index (χ3v) is 3.35. The molecule has 1 aromatic rings. The fraction of sp³-hybridized carbons (Fsp3) is 0.300. The molecule has 18 heavy (non-hydrogen) atoms. The summed E-state index contributed by atoms with van der Waals surface area (Å²) >= 11 is 3.15. The van der Waals surface area contributed by atoms with Crippen LogP contribution in [0.5, 0.6) is 0 Å². The van der Waals surface area contributed by atoms with Crippen molar-refractivity contribution in [3.63, 3.8) is 0 Å². The van der Waals surface area contributed by atoms with Crippen LogP contribution in [0.1, 0.15) is 12.1 Å². The number of hydrogen-bond donors (Lipinski definition) is 0. The van der Waals surface area contributed by atoms with Crippen molar-refractivity contribution in [2.45, 2.75) is 13.3 Å². The zero-order valence-corrected chi connectivity index (χ0v) is 10.9. The molecular formula is C10H8BrN3O4. The van der Waals surface area contributed by atoms with Gasteiger partial charge < -0.3 is 0 Å². The van der Waals surface area contributed by atoms with E-state index in [1.807, 2.05) is 0 Å². The number of carbonyl (C=O) groups is 2. The number of halogens is 1. The van der Waals surface area contributed by atoms with Crippen LogP contribution >= 0.6 is 15.9 Å². The number of ketones is 1. The smallest absolute Gasteiger partial charge is 0.297 e. The number of aryl methyl sites for hydroxylation is 1. The Labute approximate surface area is 110 Å². The molecule has 1 aliphatic heterocycles. The lowest BCUT2D eigenvalue weighted by molar-refractivity contribution is -0.384. The van der Waals surface area contributed by atoms with Gasteiger partial charge in [-0.3, -0.25) is 24.6 Å². The maximum Gasteiger partial charge on any atom is 0.313 e. The highest BCUT2D eigenvalue weighted by molar-refractivity contribution is 9.10. The van der Waals surface area contributed by atoms with Gasteiger partial charge >= 0.3 is 5.69 Å². The maximum absolute atomic E-state index is 11.6. The van der Waals surface area contributed by atoms with E-state index < -0.39 is 10.8 Å². The zero-order valence-electron chi connectivity index (χ0n) is 9.34. The first-order valence-electron chi connectivity index (χ1n) is 5.03. The van der Waals surface area contributed by atoms with Crippen LogP contribution in [0.3, 0.4) is 0 Å². The lowest BCUT2D eigenvalue weighted by Gasteiger charge is -2.14. The van der Waals surface area contributed by atoms with Gasteiger partial charge in [-0.05, 0) is 22.9 Å². The van der Waals surface area contributed by atoms with Gasteiger partial charge in [0.1, 0.15) is 0 Å². The van der Waals surface area contributed by atoms with Gasteiger partial charge in [0, 0.05) is 10.5 Å². The van der Waals surface area contributed by atoms with Crippen molar-refractivity contribution in [2.24, 2.45) is 0 Å². The normalized spacial score (nSPS) is 15.3. The van der Waals surface area contributed by atoms with Gasteiger partial charge in [-0.2, -0.15) is 0 Å². The molecule has 1 aliphatic rings. The van der Waals surface area contributed by atoms with Crippen LogP contribution in [-0.2, 0) is 9.59 Å². The molecule has 0 bridgehead atoms. The summed E-state index contributed by atoms with van der Waals surface area (Å²) in [6, 6.07) is 1.29. The fourth-order valence-electron chi connectivity index (χ4n) is 1.67.